The highest BCUT2D eigenvalue weighted by molar-refractivity contribution is 6.04. The summed E-state index contributed by atoms with van der Waals surface area (Å²) >= 11 is 0. The van der Waals surface area contributed by atoms with Crippen LogP contribution in [0.1, 0.15) is 23.7 Å². The summed E-state index contributed by atoms with van der Waals surface area (Å²) in [5.74, 6) is 1.36. The van der Waals surface area contributed by atoms with Gasteiger partial charge >= 0.3 is 0 Å². The Kier molecular flexibility index (Phi) is 7.74. The predicted molar refractivity (Wildman–Crippen MR) is 140 cm³/mol. The van der Waals surface area contributed by atoms with Crippen molar-refractivity contribution in [1.29, 1.82) is 0 Å². The molecule has 0 aliphatic rings. The molecule has 0 spiro atoms. The minimum Gasteiger partial charge on any atom is -0.453 e. The van der Waals surface area contributed by atoms with Crippen LogP contribution in [0.3, 0.4) is 0 Å². The maximum absolute atomic E-state index is 11.9. The molecule has 0 saturated heterocycles. The zero-order chi connectivity index (χ0) is 24.6. The number of allylic oxidation sites excluding steroid dienone is 1. The van der Waals surface area contributed by atoms with Crippen LogP contribution in [0, 0.1) is 0 Å². The van der Waals surface area contributed by atoms with Crippen LogP contribution in [0.15, 0.2) is 79.5 Å². The van der Waals surface area contributed by atoms with Crippen molar-refractivity contribution >= 4 is 28.8 Å². The maximum Gasteiger partial charge on any atom is 0.247 e. The molecule has 0 saturated carbocycles. The number of aromatic nitrogens is 3. The van der Waals surface area contributed by atoms with Gasteiger partial charge in [0.1, 0.15) is 5.75 Å². The lowest BCUT2D eigenvalue weighted by atomic mass is 10.1. The summed E-state index contributed by atoms with van der Waals surface area (Å²) in [6.07, 6.45) is 4.25. The number of likely N-dealkylation sites (N-methyl/N-ethyl adjacent to an activating group) is 1. The van der Waals surface area contributed by atoms with Crippen molar-refractivity contribution in [2.45, 2.75) is 13.3 Å². The number of carbonyl (C=O) groups excluding carboxylic acids is 1. The number of rotatable bonds is 12. The predicted octanol–water partition coefficient (Wildman–Crippen LogP) is 5.39. The summed E-state index contributed by atoms with van der Waals surface area (Å²) < 4.78 is 7.68. The van der Waals surface area contributed by atoms with Crippen molar-refractivity contribution in [2.75, 3.05) is 37.3 Å². The highest BCUT2D eigenvalue weighted by Crippen LogP contribution is 2.27. The number of ketones is 1. The standard InChI is InChI=1S/C27H30N6O2/c1-4-16-32(3)18-15-28-21-11-13-22(14-12-21)29-27-30-26-25(10-7-17-33(26)31-27)35-23-9-6-8-20(19-23)24(34)5-2/h5-14,17,19,28H,2,4,15-16,18H2,1,3H3,(H,29,31). The lowest BCUT2D eigenvalue weighted by molar-refractivity contribution is 0.104. The summed E-state index contributed by atoms with van der Waals surface area (Å²) in [6.45, 7) is 8.72. The van der Waals surface area contributed by atoms with Crippen LogP contribution in [0.5, 0.6) is 11.5 Å². The van der Waals surface area contributed by atoms with Crippen LogP contribution >= 0.6 is 0 Å². The third-order valence-electron chi connectivity index (χ3n) is 5.43. The van der Waals surface area contributed by atoms with Crippen molar-refractivity contribution in [2.24, 2.45) is 0 Å². The number of pyridine rings is 1. The van der Waals surface area contributed by atoms with Crippen molar-refractivity contribution < 1.29 is 9.53 Å². The van der Waals surface area contributed by atoms with Crippen LogP contribution in [-0.2, 0) is 0 Å². The van der Waals surface area contributed by atoms with Gasteiger partial charge < -0.3 is 20.3 Å². The van der Waals surface area contributed by atoms with E-state index in [1.54, 1.807) is 35.0 Å². The molecule has 0 aliphatic heterocycles. The molecule has 35 heavy (non-hydrogen) atoms. The molecule has 2 aromatic heterocycles. The summed E-state index contributed by atoms with van der Waals surface area (Å²) in [5.41, 5.74) is 3.02. The first kappa shape index (κ1) is 24.0. The largest absolute Gasteiger partial charge is 0.453 e. The monoisotopic (exact) mass is 470 g/mol. The number of ether oxygens (including phenoxy) is 1. The van der Waals surface area contributed by atoms with Gasteiger partial charge in [-0.05, 0) is 74.6 Å². The van der Waals surface area contributed by atoms with E-state index in [1.165, 1.54) is 6.08 Å². The Balaban J connectivity index is 1.43. The molecule has 4 aromatic rings. The fourth-order valence-corrected chi connectivity index (χ4v) is 3.66. The van der Waals surface area contributed by atoms with E-state index in [0.29, 0.717) is 28.7 Å². The second-order valence-electron chi connectivity index (χ2n) is 8.21. The summed E-state index contributed by atoms with van der Waals surface area (Å²) in [5, 5.41) is 11.2. The second kappa shape index (κ2) is 11.3. The van der Waals surface area contributed by atoms with Gasteiger partial charge in [0.25, 0.3) is 0 Å². The third-order valence-corrected chi connectivity index (χ3v) is 5.43. The van der Waals surface area contributed by atoms with E-state index in [2.05, 4.69) is 46.2 Å². The molecule has 0 fully saturated rings. The number of fused-ring (bicyclic) bond motifs is 1. The van der Waals surface area contributed by atoms with Crippen molar-refractivity contribution in [3.05, 3.63) is 85.1 Å². The number of nitrogens with one attached hydrogen (secondary N) is 2. The van der Waals surface area contributed by atoms with Crippen LogP contribution in [0.4, 0.5) is 17.3 Å². The van der Waals surface area contributed by atoms with Gasteiger partial charge in [-0.2, -0.15) is 4.98 Å². The number of hydrogen-bond acceptors (Lipinski definition) is 7. The van der Waals surface area contributed by atoms with E-state index >= 15 is 0 Å². The van der Waals surface area contributed by atoms with Crippen LogP contribution < -0.4 is 15.4 Å². The van der Waals surface area contributed by atoms with Crippen molar-refractivity contribution in [3.63, 3.8) is 0 Å². The number of nitrogens with zero attached hydrogens (tertiary/aromatic N) is 4. The third kappa shape index (κ3) is 6.24. The molecule has 2 aromatic carbocycles. The van der Waals surface area contributed by atoms with Gasteiger partial charge in [-0.25, -0.2) is 4.52 Å². The first-order valence-corrected chi connectivity index (χ1v) is 11.7. The minimum atomic E-state index is -0.160. The van der Waals surface area contributed by atoms with Crippen molar-refractivity contribution in [3.8, 4) is 11.5 Å². The Labute approximate surface area is 205 Å². The Bertz CT molecular complexity index is 1300. The molecule has 0 bridgehead atoms. The number of anilines is 3. The number of carbonyl (C=O) groups is 1. The second-order valence-corrected chi connectivity index (χ2v) is 8.21. The molecule has 0 amide bonds. The minimum absolute atomic E-state index is 0.160. The fraction of sp³-hybridized carbons (Fsp3) is 0.222. The topological polar surface area (TPSA) is 83.8 Å². The van der Waals surface area contributed by atoms with Crippen molar-refractivity contribution in [1.82, 2.24) is 19.5 Å². The van der Waals surface area contributed by atoms with E-state index in [4.69, 9.17) is 4.74 Å². The fourth-order valence-electron chi connectivity index (χ4n) is 3.66. The zero-order valence-electron chi connectivity index (χ0n) is 20.1. The molecule has 2 N–H and O–H groups in total. The SMILES string of the molecule is C=CC(=O)c1cccc(Oc2cccn3nc(Nc4ccc(NCCN(C)CCC)cc4)nc23)c1. The Morgan fingerprint density at radius 1 is 1.11 bits per heavy atom. The highest BCUT2D eigenvalue weighted by Gasteiger charge is 2.11. The maximum atomic E-state index is 11.9. The van der Waals surface area contributed by atoms with E-state index in [-0.39, 0.29) is 5.78 Å². The first-order valence-electron chi connectivity index (χ1n) is 11.7. The molecule has 0 radical (unpaired) electrons. The molecule has 0 atom stereocenters. The Hall–Kier alpha value is -4.17. The van der Waals surface area contributed by atoms with Gasteiger partial charge in [-0.3, -0.25) is 4.79 Å². The molecule has 8 heteroatoms. The quantitative estimate of drug-likeness (QED) is 0.212. The Morgan fingerprint density at radius 3 is 2.69 bits per heavy atom. The smallest absolute Gasteiger partial charge is 0.247 e. The van der Waals surface area contributed by atoms with Gasteiger partial charge in [0, 0.05) is 36.2 Å². The average molecular weight is 471 g/mol. The molecule has 8 nitrogen and oxygen atoms in total. The van der Waals surface area contributed by atoms with E-state index in [1.807, 2.05) is 36.4 Å². The molecule has 180 valence electrons. The van der Waals surface area contributed by atoms with E-state index in [0.717, 1.165) is 37.4 Å². The lowest BCUT2D eigenvalue weighted by Crippen LogP contribution is -2.25. The van der Waals surface area contributed by atoms with Gasteiger partial charge in [0.05, 0.1) is 0 Å². The van der Waals surface area contributed by atoms with E-state index < -0.39 is 0 Å². The zero-order valence-corrected chi connectivity index (χ0v) is 20.1. The molecular formula is C27H30N6O2. The first-order chi connectivity index (χ1) is 17.1. The number of hydrogen-bond donors (Lipinski definition) is 2. The number of benzene rings is 2. The van der Waals surface area contributed by atoms with Gasteiger partial charge in [0.15, 0.2) is 17.2 Å². The van der Waals surface area contributed by atoms with E-state index in [9.17, 15) is 4.79 Å². The molecule has 0 unspecified atom stereocenters. The normalized spacial score (nSPS) is 10.9. The van der Waals surface area contributed by atoms with Crippen LogP contribution in [-0.4, -0.2) is 52.0 Å². The van der Waals surface area contributed by atoms with Crippen LogP contribution in [0.2, 0.25) is 0 Å². The molecular weight excluding hydrogens is 440 g/mol. The Morgan fingerprint density at radius 2 is 1.91 bits per heavy atom. The molecule has 0 aliphatic carbocycles. The average Bonchev–Trinajstić information content (AvgIpc) is 3.28. The molecule has 4 rings (SSSR count). The van der Waals surface area contributed by atoms with Gasteiger partial charge in [-0.15, -0.1) is 5.10 Å². The van der Waals surface area contributed by atoms with Gasteiger partial charge in [0.2, 0.25) is 5.95 Å². The molecule has 2 heterocycles. The van der Waals surface area contributed by atoms with Gasteiger partial charge in [-0.1, -0.05) is 25.6 Å². The summed E-state index contributed by atoms with van der Waals surface area (Å²) in [4.78, 5) is 18.8. The van der Waals surface area contributed by atoms with Crippen LogP contribution in [0.25, 0.3) is 5.65 Å². The summed E-state index contributed by atoms with van der Waals surface area (Å²) in [6, 6.07) is 18.6. The summed E-state index contributed by atoms with van der Waals surface area (Å²) in [7, 11) is 2.14. The lowest BCUT2D eigenvalue weighted by Gasteiger charge is -2.16. The highest BCUT2D eigenvalue weighted by atomic mass is 16.5.